The molecule has 0 spiro atoms. The molecule has 0 aliphatic carbocycles. The Morgan fingerprint density at radius 1 is 1.67 bits per heavy atom. The number of halogens is 2. The molecule has 2 heterocycles. The van der Waals surface area contributed by atoms with Crippen molar-refractivity contribution in [3.8, 4) is 0 Å². The highest BCUT2D eigenvalue weighted by Gasteiger charge is 2.47. The fraction of sp³-hybridized carbons (Fsp3) is 0.455. The maximum absolute atomic E-state index is 12.2. The summed E-state index contributed by atoms with van der Waals surface area (Å²) in [5.41, 5.74) is 0.601. The minimum Gasteiger partial charge on any atom is -0.344 e. The lowest BCUT2D eigenvalue weighted by atomic mass is 9.91. The van der Waals surface area contributed by atoms with Crippen molar-refractivity contribution in [2.75, 3.05) is 7.05 Å². The minimum absolute atomic E-state index is 0.0363. The topological polar surface area (TPSA) is 56.2 Å². The molecule has 1 saturated heterocycles. The minimum atomic E-state index is -0.526. The molecule has 98 valence electrons. The van der Waals surface area contributed by atoms with Crippen molar-refractivity contribution in [2.45, 2.75) is 23.3 Å². The van der Waals surface area contributed by atoms with Gasteiger partial charge in [0, 0.05) is 21.8 Å². The highest BCUT2D eigenvalue weighted by atomic mass is 127. The van der Waals surface area contributed by atoms with Crippen molar-refractivity contribution in [1.82, 2.24) is 10.2 Å². The Balaban J connectivity index is 2.50. The zero-order valence-electron chi connectivity index (χ0n) is 10.2. The SMILES string of the molecule is Cc1c(Br)csc1[C@@]1(C)NC(=N)N(C)C(=O)[C@@H]1I. The summed E-state index contributed by atoms with van der Waals surface area (Å²) in [6, 6.07) is 0. The summed E-state index contributed by atoms with van der Waals surface area (Å²) in [5.74, 6) is 0.116. The van der Waals surface area contributed by atoms with Crippen molar-refractivity contribution >= 4 is 61.7 Å². The van der Waals surface area contributed by atoms with E-state index in [1.807, 2.05) is 19.2 Å². The predicted molar refractivity (Wildman–Crippen MR) is 85.5 cm³/mol. The van der Waals surface area contributed by atoms with Gasteiger partial charge in [0.05, 0.1) is 5.54 Å². The second-order valence-electron chi connectivity index (χ2n) is 4.47. The molecular weight excluding hydrogens is 429 g/mol. The number of guanidine groups is 1. The Bertz CT molecular complexity index is 532. The second kappa shape index (κ2) is 4.75. The number of nitrogens with zero attached hydrogens (tertiary/aromatic N) is 1. The van der Waals surface area contributed by atoms with Gasteiger partial charge in [0.2, 0.25) is 5.91 Å². The summed E-state index contributed by atoms with van der Waals surface area (Å²) in [7, 11) is 1.63. The molecular formula is C11H13BrIN3OS. The zero-order chi connectivity index (χ0) is 13.7. The van der Waals surface area contributed by atoms with E-state index in [0.717, 1.165) is 14.9 Å². The fourth-order valence-corrected chi connectivity index (χ4v) is 4.80. The van der Waals surface area contributed by atoms with Crippen LogP contribution in [0.4, 0.5) is 0 Å². The molecule has 0 radical (unpaired) electrons. The molecule has 0 saturated carbocycles. The van der Waals surface area contributed by atoms with E-state index < -0.39 is 5.54 Å². The number of carbonyl (C=O) groups is 1. The molecule has 18 heavy (non-hydrogen) atoms. The van der Waals surface area contributed by atoms with Crippen molar-refractivity contribution in [2.24, 2.45) is 0 Å². The van der Waals surface area contributed by atoms with Gasteiger partial charge in [0.25, 0.3) is 0 Å². The van der Waals surface area contributed by atoms with Crippen LogP contribution in [0.3, 0.4) is 0 Å². The van der Waals surface area contributed by atoms with Crippen LogP contribution in [0, 0.1) is 12.3 Å². The van der Waals surface area contributed by atoms with E-state index in [4.69, 9.17) is 5.41 Å². The lowest BCUT2D eigenvalue weighted by Crippen LogP contribution is -2.64. The van der Waals surface area contributed by atoms with Crippen molar-refractivity contribution < 1.29 is 4.79 Å². The van der Waals surface area contributed by atoms with Crippen molar-refractivity contribution in [3.63, 3.8) is 0 Å². The number of hydrogen-bond acceptors (Lipinski definition) is 3. The highest BCUT2D eigenvalue weighted by molar-refractivity contribution is 14.1. The molecule has 0 aromatic carbocycles. The van der Waals surface area contributed by atoms with Gasteiger partial charge in [-0.3, -0.25) is 15.1 Å². The molecule has 1 fully saturated rings. The Morgan fingerprint density at radius 3 is 2.78 bits per heavy atom. The molecule has 4 nitrogen and oxygen atoms in total. The number of amides is 1. The molecule has 2 atom stereocenters. The van der Waals surface area contributed by atoms with Gasteiger partial charge >= 0.3 is 0 Å². The zero-order valence-corrected chi connectivity index (χ0v) is 14.7. The first-order valence-electron chi connectivity index (χ1n) is 5.31. The van der Waals surface area contributed by atoms with Gasteiger partial charge < -0.3 is 5.32 Å². The standard InChI is InChI=1S/C11H13BrIN3OS/c1-5-6(12)4-18-8(5)11(2)7(13)9(17)16(3)10(14)15-11/h4,7H,1-3H3,(H2,14,15)/t7-,11-/m0/s1. The van der Waals surface area contributed by atoms with Crippen LogP contribution < -0.4 is 5.32 Å². The lowest BCUT2D eigenvalue weighted by molar-refractivity contribution is -0.128. The summed E-state index contributed by atoms with van der Waals surface area (Å²) in [4.78, 5) is 14.6. The fourth-order valence-electron chi connectivity index (χ4n) is 2.00. The normalized spacial score (nSPS) is 28.5. The number of alkyl halides is 1. The van der Waals surface area contributed by atoms with E-state index >= 15 is 0 Å². The molecule has 0 unspecified atom stereocenters. The molecule has 0 bridgehead atoms. The van der Waals surface area contributed by atoms with Crippen LogP contribution in [0.25, 0.3) is 0 Å². The van der Waals surface area contributed by atoms with E-state index in [0.29, 0.717) is 0 Å². The van der Waals surface area contributed by atoms with E-state index in [1.54, 1.807) is 18.4 Å². The average molecular weight is 442 g/mol. The summed E-state index contributed by atoms with van der Waals surface area (Å²) in [6.07, 6.45) is 0. The van der Waals surface area contributed by atoms with Crippen LogP contribution in [0.5, 0.6) is 0 Å². The molecule has 1 aromatic rings. The second-order valence-corrected chi connectivity index (χ2v) is 7.45. The Hall–Kier alpha value is -0.150. The molecule has 2 N–H and O–H groups in total. The number of rotatable bonds is 1. The number of thiophene rings is 1. The lowest BCUT2D eigenvalue weighted by Gasteiger charge is -2.42. The maximum Gasteiger partial charge on any atom is 0.244 e. The highest BCUT2D eigenvalue weighted by Crippen LogP contribution is 2.41. The van der Waals surface area contributed by atoms with Crippen LogP contribution in [-0.4, -0.2) is 27.7 Å². The smallest absolute Gasteiger partial charge is 0.244 e. The number of carbonyl (C=O) groups excluding carboxylic acids is 1. The van der Waals surface area contributed by atoms with Gasteiger partial charge in [-0.05, 0) is 35.3 Å². The maximum atomic E-state index is 12.2. The van der Waals surface area contributed by atoms with E-state index in [2.05, 4.69) is 43.8 Å². The molecule has 1 aromatic heterocycles. The monoisotopic (exact) mass is 441 g/mol. The van der Waals surface area contributed by atoms with Gasteiger partial charge in [-0.1, -0.05) is 22.6 Å². The number of hydrogen-bond donors (Lipinski definition) is 2. The van der Waals surface area contributed by atoms with Crippen molar-refractivity contribution in [3.05, 3.63) is 20.3 Å². The van der Waals surface area contributed by atoms with Crippen LogP contribution in [0.2, 0.25) is 0 Å². The average Bonchev–Trinajstić information content (AvgIpc) is 2.65. The molecule has 7 heteroatoms. The molecule has 2 rings (SSSR count). The first-order chi connectivity index (χ1) is 8.29. The van der Waals surface area contributed by atoms with Crippen LogP contribution in [0.1, 0.15) is 17.4 Å². The van der Waals surface area contributed by atoms with Gasteiger partial charge in [-0.2, -0.15) is 0 Å². The third kappa shape index (κ3) is 2.00. The van der Waals surface area contributed by atoms with Crippen LogP contribution in [0.15, 0.2) is 9.85 Å². The van der Waals surface area contributed by atoms with E-state index in [-0.39, 0.29) is 15.8 Å². The van der Waals surface area contributed by atoms with Gasteiger partial charge in [0.15, 0.2) is 5.96 Å². The third-order valence-electron chi connectivity index (χ3n) is 3.22. The summed E-state index contributed by atoms with van der Waals surface area (Å²) in [6.45, 7) is 4.01. The summed E-state index contributed by atoms with van der Waals surface area (Å²) in [5, 5.41) is 13.1. The Labute approximate surface area is 132 Å². The van der Waals surface area contributed by atoms with Crippen LogP contribution >= 0.6 is 49.9 Å². The van der Waals surface area contributed by atoms with E-state index in [1.165, 1.54) is 4.90 Å². The predicted octanol–water partition coefficient (Wildman–Crippen LogP) is 2.83. The number of nitrogens with one attached hydrogen (secondary N) is 2. The molecule has 1 amide bonds. The van der Waals surface area contributed by atoms with Gasteiger partial charge in [-0.15, -0.1) is 11.3 Å². The largest absolute Gasteiger partial charge is 0.344 e. The summed E-state index contributed by atoms with van der Waals surface area (Å²) < 4.78 is 0.811. The quantitative estimate of drug-likeness (QED) is 0.520. The third-order valence-corrected chi connectivity index (χ3v) is 7.44. The first-order valence-corrected chi connectivity index (χ1v) is 8.23. The Morgan fingerprint density at radius 2 is 2.28 bits per heavy atom. The van der Waals surface area contributed by atoms with Gasteiger partial charge in [0.1, 0.15) is 3.92 Å². The summed E-state index contributed by atoms with van der Waals surface area (Å²) >= 11 is 7.27. The van der Waals surface area contributed by atoms with Crippen LogP contribution in [-0.2, 0) is 10.3 Å². The Kier molecular flexibility index (Phi) is 3.76. The van der Waals surface area contributed by atoms with E-state index in [9.17, 15) is 4.79 Å². The molecule has 1 aliphatic rings. The first kappa shape index (κ1) is 14.3. The molecule has 1 aliphatic heterocycles. The van der Waals surface area contributed by atoms with Crippen molar-refractivity contribution in [1.29, 1.82) is 5.41 Å². The van der Waals surface area contributed by atoms with Gasteiger partial charge in [-0.25, -0.2) is 0 Å².